The Morgan fingerprint density at radius 3 is 2.84 bits per heavy atom. The Bertz CT molecular complexity index is 394. The molecule has 1 heterocycles. The van der Waals surface area contributed by atoms with Crippen molar-refractivity contribution in [2.75, 3.05) is 19.6 Å². The number of rotatable bonds is 5. The summed E-state index contributed by atoms with van der Waals surface area (Å²) in [6.45, 7) is 2.86. The van der Waals surface area contributed by atoms with Gasteiger partial charge in [0.2, 0.25) is 5.91 Å². The maximum absolute atomic E-state index is 11.3. The van der Waals surface area contributed by atoms with Crippen LogP contribution in [-0.2, 0) is 11.3 Å². The van der Waals surface area contributed by atoms with Crippen LogP contribution in [0, 0.1) is 0 Å². The van der Waals surface area contributed by atoms with E-state index in [9.17, 15) is 4.79 Å². The Hall–Kier alpha value is -1.39. The number of nitrogens with one attached hydrogen (secondary N) is 1. The zero-order valence-corrected chi connectivity index (χ0v) is 11.3. The summed E-state index contributed by atoms with van der Waals surface area (Å²) in [6, 6.07) is 10.9. The Morgan fingerprint density at radius 1 is 1.32 bits per heavy atom. The highest BCUT2D eigenvalue weighted by Crippen LogP contribution is 2.19. The Labute approximate surface area is 115 Å². The Morgan fingerprint density at radius 2 is 2.11 bits per heavy atom. The molecule has 0 radical (unpaired) electrons. The van der Waals surface area contributed by atoms with Gasteiger partial charge < -0.3 is 11.1 Å². The van der Waals surface area contributed by atoms with Crippen molar-refractivity contribution in [3.8, 4) is 0 Å². The fraction of sp³-hybridized carbons (Fsp3) is 0.533. The normalized spacial score (nSPS) is 20.2. The van der Waals surface area contributed by atoms with Gasteiger partial charge in [-0.05, 0) is 24.9 Å². The van der Waals surface area contributed by atoms with Crippen molar-refractivity contribution >= 4 is 5.91 Å². The molecule has 1 aromatic carbocycles. The molecule has 3 N–H and O–H groups in total. The lowest BCUT2D eigenvalue weighted by Gasteiger charge is -2.35. The summed E-state index contributed by atoms with van der Waals surface area (Å²) in [5.74, 6) is -0.0646. The van der Waals surface area contributed by atoms with Crippen molar-refractivity contribution < 1.29 is 4.79 Å². The fourth-order valence-electron chi connectivity index (χ4n) is 2.62. The lowest BCUT2D eigenvalue weighted by atomic mass is 10.0. The highest BCUT2D eigenvalue weighted by Gasteiger charge is 2.22. The number of piperidine rings is 1. The van der Waals surface area contributed by atoms with Crippen LogP contribution >= 0.6 is 0 Å². The number of amides is 1. The number of benzene rings is 1. The molecule has 19 heavy (non-hydrogen) atoms. The largest absolute Gasteiger partial charge is 0.353 e. The highest BCUT2D eigenvalue weighted by atomic mass is 16.1. The van der Waals surface area contributed by atoms with Crippen molar-refractivity contribution in [2.45, 2.75) is 31.8 Å². The number of nitrogens with two attached hydrogens (primary N) is 1. The van der Waals surface area contributed by atoms with Gasteiger partial charge in [-0.25, -0.2) is 0 Å². The van der Waals surface area contributed by atoms with Gasteiger partial charge in [0.25, 0.3) is 0 Å². The van der Waals surface area contributed by atoms with Crippen LogP contribution in [0.4, 0.5) is 0 Å². The van der Waals surface area contributed by atoms with Crippen LogP contribution < -0.4 is 11.1 Å². The first-order valence-corrected chi connectivity index (χ1v) is 7.04. The van der Waals surface area contributed by atoms with Gasteiger partial charge in [-0.2, -0.15) is 0 Å². The topological polar surface area (TPSA) is 58.4 Å². The molecule has 0 saturated carbocycles. The van der Waals surface area contributed by atoms with E-state index in [1.165, 1.54) is 18.4 Å². The lowest BCUT2D eigenvalue weighted by molar-refractivity contribution is -0.120. The third-order valence-corrected chi connectivity index (χ3v) is 3.70. The van der Waals surface area contributed by atoms with Crippen LogP contribution in [0.2, 0.25) is 0 Å². The quantitative estimate of drug-likeness (QED) is 0.835. The molecule has 104 valence electrons. The van der Waals surface area contributed by atoms with Gasteiger partial charge in [0.15, 0.2) is 0 Å². The van der Waals surface area contributed by atoms with Crippen LogP contribution in [0.3, 0.4) is 0 Å². The fourth-order valence-corrected chi connectivity index (χ4v) is 2.62. The molecule has 1 aromatic rings. The van der Waals surface area contributed by atoms with Crippen LogP contribution in [0.15, 0.2) is 30.3 Å². The van der Waals surface area contributed by atoms with Gasteiger partial charge in [0.1, 0.15) is 0 Å². The number of hydrogen-bond donors (Lipinski definition) is 2. The average molecular weight is 261 g/mol. The number of hydrogen-bond acceptors (Lipinski definition) is 3. The SMILES string of the molecule is NCC(=O)NC[C@H]1CCCCN1Cc1ccccc1. The molecule has 1 aliphatic rings. The molecule has 4 nitrogen and oxygen atoms in total. The van der Waals surface area contributed by atoms with E-state index in [0.29, 0.717) is 12.6 Å². The molecule has 1 fully saturated rings. The molecule has 0 bridgehead atoms. The molecular weight excluding hydrogens is 238 g/mol. The molecule has 0 spiro atoms. The number of nitrogens with zero attached hydrogens (tertiary/aromatic N) is 1. The van der Waals surface area contributed by atoms with Crippen molar-refractivity contribution in [3.05, 3.63) is 35.9 Å². The summed E-state index contributed by atoms with van der Waals surface area (Å²) >= 11 is 0. The monoisotopic (exact) mass is 261 g/mol. The molecule has 0 unspecified atom stereocenters. The van der Waals surface area contributed by atoms with Crippen molar-refractivity contribution in [3.63, 3.8) is 0 Å². The molecule has 2 rings (SSSR count). The third kappa shape index (κ3) is 4.33. The zero-order valence-electron chi connectivity index (χ0n) is 11.3. The Balaban J connectivity index is 1.90. The Kier molecular flexibility index (Phi) is 5.36. The predicted molar refractivity (Wildman–Crippen MR) is 76.6 cm³/mol. The van der Waals surface area contributed by atoms with E-state index >= 15 is 0 Å². The second kappa shape index (κ2) is 7.26. The van der Waals surface area contributed by atoms with Gasteiger partial charge in [0, 0.05) is 19.1 Å². The maximum Gasteiger partial charge on any atom is 0.233 e. The van der Waals surface area contributed by atoms with Gasteiger partial charge >= 0.3 is 0 Å². The summed E-state index contributed by atoms with van der Waals surface area (Å²) in [5, 5.41) is 2.91. The number of likely N-dealkylation sites (tertiary alicyclic amines) is 1. The molecule has 4 heteroatoms. The molecule has 1 aliphatic heterocycles. The first-order valence-electron chi connectivity index (χ1n) is 7.04. The minimum Gasteiger partial charge on any atom is -0.353 e. The van der Waals surface area contributed by atoms with Gasteiger partial charge in [-0.3, -0.25) is 9.69 Å². The van der Waals surface area contributed by atoms with Crippen molar-refractivity contribution in [1.82, 2.24) is 10.2 Å². The molecule has 1 saturated heterocycles. The van der Waals surface area contributed by atoms with Gasteiger partial charge in [-0.1, -0.05) is 36.8 Å². The first-order chi connectivity index (χ1) is 9.29. The van der Waals surface area contributed by atoms with Gasteiger partial charge in [0.05, 0.1) is 6.54 Å². The summed E-state index contributed by atoms with van der Waals surface area (Å²) < 4.78 is 0. The summed E-state index contributed by atoms with van der Waals surface area (Å²) in [4.78, 5) is 13.7. The molecule has 0 aromatic heterocycles. The molecular formula is C15H23N3O. The van der Waals surface area contributed by atoms with Crippen LogP contribution in [-0.4, -0.2) is 36.5 Å². The van der Waals surface area contributed by atoms with Crippen LogP contribution in [0.25, 0.3) is 0 Å². The van der Waals surface area contributed by atoms with E-state index in [0.717, 1.165) is 19.5 Å². The van der Waals surface area contributed by atoms with E-state index in [4.69, 9.17) is 5.73 Å². The molecule has 1 atom stereocenters. The van der Waals surface area contributed by atoms with E-state index < -0.39 is 0 Å². The van der Waals surface area contributed by atoms with Crippen LogP contribution in [0.1, 0.15) is 24.8 Å². The standard InChI is InChI=1S/C15H23N3O/c16-10-15(19)17-11-14-8-4-5-9-18(14)12-13-6-2-1-3-7-13/h1-3,6-7,14H,4-5,8-12,16H2,(H,17,19)/t14-/m1/s1. The highest BCUT2D eigenvalue weighted by molar-refractivity contribution is 5.77. The maximum atomic E-state index is 11.3. The third-order valence-electron chi connectivity index (χ3n) is 3.70. The lowest BCUT2D eigenvalue weighted by Crippen LogP contribution is -2.47. The number of carbonyl (C=O) groups excluding carboxylic acids is 1. The van der Waals surface area contributed by atoms with Crippen molar-refractivity contribution in [1.29, 1.82) is 0 Å². The number of carbonyl (C=O) groups is 1. The molecule has 1 amide bonds. The summed E-state index contributed by atoms with van der Waals surface area (Å²) in [7, 11) is 0. The minimum atomic E-state index is -0.0646. The van der Waals surface area contributed by atoms with Crippen LogP contribution in [0.5, 0.6) is 0 Å². The van der Waals surface area contributed by atoms with E-state index in [1.54, 1.807) is 0 Å². The summed E-state index contributed by atoms with van der Waals surface area (Å²) in [5.41, 5.74) is 6.65. The molecule has 0 aliphatic carbocycles. The zero-order chi connectivity index (χ0) is 13.5. The second-order valence-corrected chi connectivity index (χ2v) is 5.11. The van der Waals surface area contributed by atoms with E-state index in [1.807, 2.05) is 6.07 Å². The predicted octanol–water partition coefficient (Wildman–Crippen LogP) is 1.12. The van der Waals surface area contributed by atoms with Gasteiger partial charge in [-0.15, -0.1) is 0 Å². The van der Waals surface area contributed by atoms with E-state index in [2.05, 4.69) is 34.5 Å². The second-order valence-electron chi connectivity index (χ2n) is 5.11. The average Bonchev–Trinajstić information content (AvgIpc) is 2.47. The van der Waals surface area contributed by atoms with Crippen molar-refractivity contribution in [2.24, 2.45) is 5.73 Å². The minimum absolute atomic E-state index is 0.0646. The smallest absolute Gasteiger partial charge is 0.233 e. The van der Waals surface area contributed by atoms with E-state index in [-0.39, 0.29) is 12.5 Å². The summed E-state index contributed by atoms with van der Waals surface area (Å²) in [6.07, 6.45) is 3.64. The first kappa shape index (κ1) is 14.0.